The molecule has 0 spiro atoms. The standard InChI is InChI=1S/C17H25NO2/c1-10-6-7-15(20-2)13(8-10)14(9-18)17(19)16-11-4-3-5-12(11)16/h6-8,11-12,14,16-17,19H,3-5,9,18H2,1-2H3. The van der Waals surface area contributed by atoms with Crippen LogP contribution in [0.15, 0.2) is 18.2 Å². The van der Waals surface area contributed by atoms with Crippen molar-refractivity contribution in [1.82, 2.24) is 0 Å². The van der Waals surface area contributed by atoms with Crippen LogP contribution in [0.3, 0.4) is 0 Å². The van der Waals surface area contributed by atoms with Crippen molar-refractivity contribution in [3.05, 3.63) is 29.3 Å². The quantitative estimate of drug-likeness (QED) is 0.868. The second kappa shape index (κ2) is 5.38. The number of nitrogens with two attached hydrogens (primary N) is 1. The van der Waals surface area contributed by atoms with Crippen molar-refractivity contribution in [2.24, 2.45) is 23.5 Å². The SMILES string of the molecule is COc1ccc(C)cc1C(CN)C(O)C1C2CCCC21. The first-order valence-electron chi connectivity index (χ1n) is 7.70. The van der Waals surface area contributed by atoms with E-state index in [1.165, 1.54) is 24.8 Å². The lowest BCUT2D eigenvalue weighted by atomic mass is 9.87. The minimum Gasteiger partial charge on any atom is -0.496 e. The Labute approximate surface area is 121 Å². The molecule has 3 nitrogen and oxygen atoms in total. The fourth-order valence-corrected chi connectivity index (χ4v) is 4.25. The van der Waals surface area contributed by atoms with Gasteiger partial charge in [-0.25, -0.2) is 0 Å². The van der Waals surface area contributed by atoms with Gasteiger partial charge >= 0.3 is 0 Å². The Bertz CT molecular complexity index is 478. The van der Waals surface area contributed by atoms with Gasteiger partial charge in [0.1, 0.15) is 5.75 Å². The van der Waals surface area contributed by atoms with Gasteiger partial charge in [0.2, 0.25) is 0 Å². The highest BCUT2D eigenvalue weighted by Gasteiger charge is 2.57. The van der Waals surface area contributed by atoms with Crippen LogP contribution in [0, 0.1) is 24.7 Å². The average molecular weight is 275 g/mol. The highest BCUT2D eigenvalue weighted by molar-refractivity contribution is 5.40. The maximum atomic E-state index is 10.8. The second-order valence-electron chi connectivity index (χ2n) is 6.41. The zero-order chi connectivity index (χ0) is 14.3. The van der Waals surface area contributed by atoms with E-state index in [-0.39, 0.29) is 12.0 Å². The van der Waals surface area contributed by atoms with Gasteiger partial charge in [-0.15, -0.1) is 0 Å². The lowest BCUT2D eigenvalue weighted by molar-refractivity contribution is 0.107. The molecule has 3 N–H and O–H groups in total. The van der Waals surface area contributed by atoms with Crippen LogP contribution >= 0.6 is 0 Å². The summed E-state index contributed by atoms with van der Waals surface area (Å²) < 4.78 is 5.46. The summed E-state index contributed by atoms with van der Waals surface area (Å²) in [6, 6.07) is 6.12. The fourth-order valence-electron chi connectivity index (χ4n) is 4.25. The van der Waals surface area contributed by atoms with E-state index in [4.69, 9.17) is 10.5 Å². The Kier molecular flexibility index (Phi) is 3.74. The maximum Gasteiger partial charge on any atom is 0.122 e. The van der Waals surface area contributed by atoms with Gasteiger partial charge in [0, 0.05) is 18.0 Å². The maximum absolute atomic E-state index is 10.8. The number of aliphatic hydroxyl groups is 1. The summed E-state index contributed by atoms with van der Waals surface area (Å²) in [6.45, 7) is 2.53. The highest BCUT2D eigenvalue weighted by Crippen LogP contribution is 2.60. The fraction of sp³-hybridized carbons (Fsp3) is 0.647. The van der Waals surface area contributed by atoms with E-state index < -0.39 is 0 Å². The molecular formula is C17H25NO2. The number of ether oxygens (including phenoxy) is 1. The summed E-state index contributed by atoms with van der Waals surface area (Å²) in [5.41, 5.74) is 8.23. The number of hydrogen-bond donors (Lipinski definition) is 2. The van der Waals surface area contributed by atoms with Gasteiger partial charge in [0.25, 0.3) is 0 Å². The van der Waals surface area contributed by atoms with Crippen molar-refractivity contribution >= 4 is 0 Å². The molecule has 1 aromatic carbocycles. The Morgan fingerprint density at radius 1 is 1.35 bits per heavy atom. The molecule has 0 aromatic heterocycles. The monoisotopic (exact) mass is 275 g/mol. The van der Waals surface area contributed by atoms with E-state index in [0.717, 1.165) is 23.1 Å². The average Bonchev–Trinajstić information content (AvgIpc) is 2.93. The van der Waals surface area contributed by atoms with Crippen LogP contribution in [0.5, 0.6) is 5.75 Å². The van der Waals surface area contributed by atoms with Gasteiger partial charge in [0.05, 0.1) is 13.2 Å². The molecule has 0 heterocycles. The summed E-state index contributed by atoms with van der Waals surface area (Å²) in [6.07, 6.45) is 3.58. The zero-order valence-electron chi connectivity index (χ0n) is 12.4. The molecule has 3 heteroatoms. The zero-order valence-corrected chi connectivity index (χ0v) is 12.4. The Balaban J connectivity index is 1.84. The third-order valence-electron chi connectivity index (χ3n) is 5.32. The van der Waals surface area contributed by atoms with E-state index >= 15 is 0 Å². The van der Waals surface area contributed by atoms with Crippen molar-refractivity contribution in [3.63, 3.8) is 0 Å². The second-order valence-corrected chi connectivity index (χ2v) is 6.41. The molecule has 2 fully saturated rings. The summed E-state index contributed by atoms with van der Waals surface area (Å²) in [4.78, 5) is 0. The molecule has 1 aromatic rings. The number of methoxy groups -OCH3 is 1. The van der Waals surface area contributed by atoms with Gasteiger partial charge in [-0.05, 0) is 43.6 Å². The van der Waals surface area contributed by atoms with E-state index in [2.05, 4.69) is 13.0 Å². The largest absolute Gasteiger partial charge is 0.496 e. The van der Waals surface area contributed by atoms with Crippen molar-refractivity contribution in [2.45, 2.75) is 38.2 Å². The highest BCUT2D eigenvalue weighted by atomic mass is 16.5. The number of hydrogen-bond acceptors (Lipinski definition) is 3. The first kappa shape index (κ1) is 13.9. The lowest BCUT2D eigenvalue weighted by Gasteiger charge is -2.25. The Hall–Kier alpha value is -1.06. The molecule has 0 amide bonds. The summed E-state index contributed by atoms with van der Waals surface area (Å²) >= 11 is 0. The molecule has 4 unspecified atom stereocenters. The van der Waals surface area contributed by atoms with Crippen LogP contribution in [0.2, 0.25) is 0 Å². The summed E-state index contributed by atoms with van der Waals surface area (Å²) in [5, 5.41) is 10.8. The molecule has 2 aliphatic carbocycles. The van der Waals surface area contributed by atoms with Gasteiger partial charge in [0.15, 0.2) is 0 Å². The van der Waals surface area contributed by atoms with Gasteiger partial charge in [-0.3, -0.25) is 0 Å². The van der Waals surface area contributed by atoms with Crippen LogP contribution in [0.4, 0.5) is 0 Å². The van der Waals surface area contributed by atoms with Gasteiger partial charge in [-0.1, -0.05) is 24.1 Å². The minimum absolute atomic E-state index is 0.0135. The molecule has 0 saturated heterocycles. The predicted octanol–water partition coefficient (Wildman–Crippen LogP) is 2.45. The topological polar surface area (TPSA) is 55.5 Å². The number of benzene rings is 1. The summed E-state index contributed by atoms with van der Waals surface area (Å²) in [5.74, 6) is 2.78. The van der Waals surface area contributed by atoms with E-state index in [9.17, 15) is 5.11 Å². The summed E-state index contributed by atoms with van der Waals surface area (Å²) in [7, 11) is 1.68. The molecule has 110 valence electrons. The molecule has 20 heavy (non-hydrogen) atoms. The first-order chi connectivity index (χ1) is 9.67. The van der Waals surface area contributed by atoms with Gasteiger partial charge < -0.3 is 15.6 Å². The normalized spacial score (nSPS) is 30.7. The van der Waals surface area contributed by atoms with Gasteiger partial charge in [-0.2, -0.15) is 0 Å². The third kappa shape index (κ3) is 2.23. The third-order valence-corrected chi connectivity index (χ3v) is 5.32. The van der Waals surface area contributed by atoms with Crippen LogP contribution in [-0.2, 0) is 0 Å². The first-order valence-corrected chi connectivity index (χ1v) is 7.70. The molecule has 0 bridgehead atoms. The van der Waals surface area contributed by atoms with Crippen molar-refractivity contribution < 1.29 is 9.84 Å². The van der Waals surface area contributed by atoms with Crippen LogP contribution in [-0.4, -0.2) is 24.9 Å². The van der Waals surface area contributed by atoms with E-state index in [1.807, 2.05) is 12.1 Å². The lowest BCUT2D eigenvalue weighted by Crippen LogP contribution is -2.29. The van der Waals surface area contributed by atoms with Crippen molar-refractivity contribution in [1.29, 1.82) is 0 Å². The van der Waals surface area contributed by atoms with Crippen molar-refractivity contribution in [2.75, 3.05) is 13.7 Å². The molecule has 0 aliphatic heterocycles. The number of aryl methyl sites for hydroxylation is 1. The molecule has 4 atom stereocenters. The molecule has 0 radical (unpaired) electrons. The smallest absolute Gasteiger partial charge is 0.122 e. The number of rotatable bonds is 5. The van der Waals surface area contributed by atoms with Crippen LogP contribution < -0.4 is 10.5 Å². The number of aliphatic hydroxyl groups excluding tert-OH is 1. The minimum atomic E-state index is -0.328. The molecular weight excluding hydrogens is 250 g/mol. The molecule has 2 aliphatic rings. The predicted molar refractivity (Wildman–Crippen MR) is 79.9 cm³/mol. The number of fused-ring (bicyclic) bond motifs is 1. The molecule has 2 saturated carbocycles. The Morgan fingerprint density at radius 3 is 2.65 bits per heavy atom. The van der Waals surface area contributed by atoms with Crippen LogP contribution in [0.1, 0.15) is 36.3 Å². The van der Waals surface area contributed by atoms with Crippen molar-refractivity contribution in [3.8, 4) is 5.75 Å². The van der Waals surface area contributed by atoms with Crippen LogP contribution in [0.25, 0.3) is 0 Å². The van der Waals surface area contributed by atoms with E-state index in [1.54, 1.807) is 7.11 Å². The van der Waals surface area contributed by atoms with E-state index in [0.29, 0.717) is 12.5 Å². The Morgan fingerprint density at radius 2 is 2.05 bits per heavy atom. The molecule has 3 rings (SSSR count).